The second kappa shape index (κ2) is 8.32. The lowest BCUT2D eigenvalue weighted by Crippen LogP contribution is -2.66. The standard InChI is InChI=1S/C27H27N3O5/c31-25(28-24-11-14-34-29-24)17-30-12-9-18(10-13-30)23(16-30)35-26(32)27(33)21-7-3-1-5-19(21)15-20-6-2-4-8-22(20)27/h1-8,11,14,18,23,33H,9-10,12-13,15-17H2/p+1/t18?,23-,30?/m0/s1. The molecule has 2 aromatic carbocycles. The zero-order chi connectivity index (χ0) is 24.0. The molecule has 3 aliphatic heterocycles. The van der Waals surface area contributed by atoms with Crippen molar-refractivity contribution in [3.63, 3.8) is 0 Å². The molecule has 4 heterocycles. The molecule has 0 spiro atoms. The van der Waals surface area contributed by atoms with Crippen molar-refractivity contribution in [1.82, 2.24) is 5.16 Å². The SMILES string of the molecule is O=C(C[N+]12CCC(CC1)[C@@H](OC(=O)C1(O)c3ccccc3Cc3ccccc31)C2)Nc1ccon1. The fourth-order valence-electron chi connectivity index (χ4n) is 6.19. The topological polar surface area (TPSA) is 102 Å². The molecule has 35 heavy (non-hydrogen) atoms. The molecule has 2 N–H and O–H groups in total. The van der Waals surface area contributed by atoms with Crippen LogP contribution in [-0.2, 0) is 26.3 Å². The number of rotatable bonds is 5. The quantitative estimate of drug-likeness (QED) is 0.436. The van der Waals surface area contributed by atoms with Crippen molar-refractivity contribution >= 4 is 17.7 Å². The normalized spacial score (nSPS) is 25.9. The minimum Gasteiger partial charge on any atom is -0.453 e. The van der Waals surface area contributed by atoms with Gasteiger partial charge in [0.05, 0.1) is 13.1 Å². The first-order chi connectivity index (χ1) is 17.0. The molecule has 0 saturated carbocycles. The second-order valence-corrected chi connectivity index (χ2v) is 10.0. The van der Waals surface area contributed by atoms with Crippen LogP contribution in [0, 0.1) is 5.92 Å². The molecular formula is C27H28N3O5+. The number of amides is 1. The molecule has 0 unspecified atom stereocenters. The van der Waals surface area contributed by atoms with Crippen molar-refractivity contribution in [3.8, 4) is 0 Å². The van der Waals surface area contributed by atoms with Crippen LogP contribution in [0.3, 0.4) is 0 Å². The first-order valence-electron chi connectivity index (χ1n) is 12.1. The van der Waals surface area contributed by atoms with E-state index in [2.05, 4.69) is 10.5 Å². The number of carbonyl (C=O) groups excluding carboxylic acids is 2. The highest BCUT2D eigenvalue weighted by Crippen LogP contribution is 2.42. The van der Waals surface area contributed by atoms with Crippen LogP contribution >= 0.6 is 0 Å². The number of benzene rings is 2. The number of aliphatic hydroxyl groups is 1. The van der Waals surface area contributed by atoms with Gasteiger partial charge >= 0.3 is 5.97 Å². The van der Waals surface area contributed by atoms with E-state index in [1.807, 2.05) is 48.5 Å². The van der Waals surface area contributed by atoms with Crippen LogP contribution < -0.4 is 5.32 Å². The van der Waals surface area contributed by atoms with Gasteiger partial charge in [0, 0.05) is 36.0 Å². The smallest absolute Gasteiger partial charge is 0.348 e. The number of anilines is 1. The number of fused-ring (bicyclic) bond motifs is 5. The van der Waals surface area contributed by atoms with Crippen molar-refractivity contribution in [2.24, 2.45) is 5.92 Å². The highest BCUT2D eigenvalue weighted by atomic mass is 16.6. The highest BCUT2D eigenvalue weighted by molar-refractivity contribution is 5.90. The van der Waals surface area contributed by atoms with Gasteiger partial charge in [-0.2, -0.15) is 0 Å². The third-order valence-electron chi connectivity index (χ3n) is 7.97. The summed E-state index contributed by atoms with van der Waals surface area (Å²) in [6, 6.07) is 16.6. The monoisotopic (exact) mass is 474 g/mol. The predicted octanol–water partition coefficient (Wildman–Crippen LogP) is 2.61. The van der Waals surface area contributed by atoms with E-state index in [1.165, 1.54) is 6.26 Å². The fourth-order valence-corrected chi connectivity index (χ4v) is 6.19. The Morgan fingerprint density at radius 2 is 1.71 bits per heavy atom. The van der Waals surface area contributed by atoms with Gasteiger partial charge in [0.2, 0.25) is 5.60 Å². The van der Waals surface area contributed by atoms with E-state index < -0.39 is 11.6 Å². The summed E-state index contributed by atoms with van der Waals surface area (Å²) < 4.78 is 11.5. The number of carbonyl (C=O) groups is 2. The molecule has 1 amide bonds. The number of ether oxygens (including phenoxy) is 1. The minimum atomic E-state index is -1.85. The lowest BCUT2D eigenvalue weighted by Gasteiger charge is -2.51. The molecule has 4 aliphatic rings. The number of esters is 1. The maximum Gasteiger partial charge on any atom is 0.348 e. The van der Waals surface area contributed by atoms with Crippen LogP contribution in [0.2, 0.25) is 0 Å². The summed E-state index contributed by atoms with van der Waals surface area (Å²) in [5.74, 6) is -0.158. The van der Waals surface area contributed by atoms with Crippen LogP contribution in [0.4, 0.5) is 5.82 Å². The van der Waals surface area contributed by atoms with Gasteiger partial charge in [0.15, 0.2) is 18.5 Å². The Hall–Kier alpha value is -3.49. The Bertz CT molecular complexity index is 1220. The molecule has 3 aromatic rings. The Balaban J connectivity index is 1.24. The van der Waals surface area contributed by atoms with Crippen molar-refractivity contribution in [2.75, 3.05) is 31.5 Å². The van der Waals surface area contributed by atoms with Gasteiger partial charge in [0.1, 0.15) is 12.8 Å². The number of aromatic nitrogens is 1. The zero-order valence-corrected chi connectivity index (χ0v) is 19.4. The average Bonchev–Trinajstić information content (AvgIpc) is 3.37. The molecule has 1 aliphatic carbocycles. The van der Waals surface area contributed by atoms with Gasteiger partial charge in [-0.05, 0) is 17.5 Å². The summed E-state index contributed by atoms with van der Waals surface area (Å²) in [5.41, 5.74) is 1.16. The molecule has 1 aromatic heterocycles. The lowest BCUT2D eigenvalue weighted by atomic mass is 9.74. The Morgan fingerprint density at radius 3 is 2.34 bits per heavy atom. The van der Waals surface area contributed by atoms with Gasteiger partial charge in [-0.25, -0.2) is 4.79 Å². The highest BCUT2D eigenvalue weighted by Gasteiger charge is 2.52. The van der Waals surface area contributed by atoms with Crippen molar-refractivity contribution < 1.29 is 28.4 Å². The van der Waals surface area contributed by atoms with Crippen molar-refractivity contribution in [1.29, 1.82) is 0 Å². The molecule has 1 atom stereocenters. The summed E-state index contributed by atoms with van der Waals surface area (Å²) in [6.07, 6.45) is 3.47. The summed E-state index contributed by atoms with van der Waals surface area (Å²) >= 11 is 0. The van der Waals surface area contributed by atoms with Crippen LogP contribution in [0.25, 0.3) is 0 Å². The number of hydrogen-bond acceptors (Lipinski definition) is 6. The van der Waals surface area contributed by atoms with Gasteiger partial charge in [0.25, 0.3) is 5.91 Å². The molecule has 8 heteroatoms. The summed E-state index contributed by atoms with van der Waals surface area (Å²) in [5, 5.41) is 18.5. The van der Waals surface area contributed by atoms with Crippen molar-refractivity contribution in [3.05, 3.63) is 83.1 Å². The van der Waals surface area contributed by atoms with Gasteiger partial charge in [-0.15, -0.1) is 0 Å². The summed E-state index contributed by atoms with van der Waals surface area (Å²) in [7, 11) is 0. The van der Waals surface area contributed by atoms with Crippen LogP contribution in [-0.4, -0.2) is 58.9 Å². The molecule has 3 fully saturated rings. The Labute approximate surface area is 203 Å². The molecule has 7 rings (SSSR count). The largest absolute Gasteiger partial charge is 0.453 e. The first kappa shape index (κ1) is 22.0. The third kappa shape index (κ3) is 3.73. The van der Waals surface area contributed by atoms with E-state index in [1.54, 1.807) is 6.07 Å². The van der Waals surface area contributed by atoms with E-state index in [0.717, 1.165) is 37.1 Å². The van der Waals surface area contributed by atoms with Gasteiger partial charge in [-0.1, -0.05) is 53.7 Å². The lowest BCUT2D eigenvalue weighted by molar-refractivity contribution is -0.939. The van der Waals surface area contributed by atoms with Gasteiger partial charge in [-0.3, -0.25) is 4.79 Å². The van der Waals surface area contributed by atoms with Crippen LogP contribution in [0.15, 0.2) is 65.4 Å². The van der Waals surface area contributed by atoms with E-state index in [4.69, 9.17) is 9.26 Å². The first-order valence-corrected chi connectivity index (χ1v) is 12.1. The molecule has 3 saturated heterocycles. The third-order valence-corrected chi connectivity index (χ3v) is 7.97. The number of nitrogens with one attached hydrogen (secondary N) is 1. The van der Waals surface area contributed by atoms with E-state index in [0.29, 0.717) is 34.4 Å². The number of hydrogen-bond donors (Lipinski definition) is 2. The summed E-state index contributed by atoms with van der Waals surface area (Å²) in [6.45, 7) is 2.56. The van der Waals surface area contributed by atoms with E-state index in [9.17, 15) is 14.7 Å². The maximum absolute atomic E-state index is 13.8. The number of nitrogens with zero attached hydrogens (tertiary/aromatic N) is 2. The molecular weight excluding hydrogens is 446 g/mol. The van der Waals surface area contributed by atoms with Crippen LogP contribution in [0.5, 0.6) is 0 Å². The second-order valence-electron chi connectivity index (χ2n) is 10.0. The predicted molar refractivity (Wildman–Crippen MR) is 126 cm³/mol. The van der Waals surface area contributed by atoms with Crippen LogP contribution in [0.1, 0.15) is 35.1 Å². The Morgan fingerprint density at radius 1 is 1.06 bits per heavy atom. The zero-order valence-electron chi connectivity index (χ0n) is 19.4. The fraction of sp³-hybridized carbons (Fsp3) is 0.370. The number of quaternary nitrogens is 1. The molecule has 0 radical (unpaired) electrons. The molecule has 2 bridgehead atoms. The van der Waals surface area contributed by atoms with Gasteiger partial charge < -0.3 is 24.2 Å². The molecule has 180 valence electrons. The van der Waals surface area contributed by atoms with E-state index in [-0.39, 0.29) is 24.5 Å². The maximum atomic E-state index is 13.8. The van der Waals surface area contributed by atoms with Crippen molar-refractivity contribution in [2.45, 2.75) is 31.0 Å². The molecule has 8 nitrogen and oxygen atoms in total. The summed E-state index contributed by atoms with van der Waals surface area (Å²) in [4.78, 5) is 26.5. The minimum absolute atomic E-state index is 0.141. The Kier molecular flexibility index (Phi) is 5.23. The average molecular weight is 475 g/mol. The number of piperidine rings is 3. The van der Waals surface area contributed by atoms with E-state index >= 15 is 0 Å².